The van der Waals surface area contributed by atoms with Crippen molar-refractivity contribution in [1.29, 1.82) is 0 Å². The van der Waals surface area contributed by atoms with Gasteiger partial charge in [0, 0.05) is 19.3 Å². The van der Waals surface area contributed by atoms with Crippen LogP contribution in [0.4, 0.5) is 5.69 Å². The minimum atomic E-state index is 1.17. The van der Waals surface area contributed by atoms with Crippen molar-refractivity contribution in [2.45, 2.75) is 39.5 Å². The molecule has 0 saturated carbocycles. The van der Waals surface area contributed by atoms with Crippen LogP contribution in [0.5, 0.6) is 0 Å². The van der Waals surface area contributed by atoms with Crippen LogP contribution in [-0.2, 0) is 0 Å². The molecule has 1 aromatic rings. The van der Waals surface area contributed by atoms with Gasteiger partial charge in [-0.15, -0.1) is 0 Å². The van der Waals surface area contributed by atoms with Gasteiger partial charge in [-0.05, 0) is 31.0 Å². The Bertz CT molecular complexity index is 280. The lowest BCUT2D eigenvalue weighted by atomic mass is 10.2. The zero-order valence-electron chi connectivity index (χ0n) is 10.3. The predicted octanol–water partition coefficient (Wildman–Crippen LogP) is 4.01. The number of anilines is 1. The van der Waals surface area contributed by atoms with E-state index >= 15 is 0 Å². The lowest BCUT2D eigenvalue weighted by molar-refractivity contribution is 0.661. The summed E-state index contributed by atoms with van der Waals surface area (Å²) in [5, 5.41) is 0. The molecule has 1 rings (SSSR count). The molecule has 0 N–H and O–H groups in total. The summed E-state index contributed by atoms with van der Waals surface area (Å²) in [6.45, 7) is 5.57. The number of nitrogens with zero attached hydrogens (tertiary/aromatic N) is 1. The second kappa shape index (κ2) is 6.49. The van der Waals surface area contributed by atoms with Gasteiger partial charge in [0.25, 0.3) is 0 Å². The Labute approximate surface area is 94.1 Å². The number of unbranched alkanes of at least 4 members (excludes halogenated alkanes) is 3. The van der Waals surface area contributed by atoms with Crippen LogP contribution in [0.3, 0.4) is 0 Å². The van der Waals surface area contributed by atoms with Gasteiger partial charge in [0.1, 0.15) is 0 Å². The monoisotopic (exact) mass is 205 g/mol. The molecular weight excluding hydrogens is 182 g/mol. The van der Waals surface area contributed by atoms with Crippen molar-refractivity contribution in [2.24, 2.45) is 0 Å². The topological polar surface area (TPSA) is 3.24 Å². The van der Waals surface area contributed by atoms with Gasteiger partial charge in [-0.3, -0.25) is 0 Å². The minimum Gasteiger partial charge on any atom is -0.375 e. The lowest BCUT2D eigenvalue weighted by Crippen LogP contribution is -2.18. The van der Waals surface area contributed by atoms with Crippen molar-refractivity contribution < 1.29 is 0 Å². The van der Waals surface area contributed by atoms with E-state index in [0.29, 0.717) is 0 Å². The molecule has 0 radical (unpaired) electrons. The second-order valence-corrected chi connectivity index (χ2v) is 4.32. The second-order valence-electron chi connectivity index (χ2n) is 4.32. The highest BCUT2D eigenvalue weighted by atomic mass is 15.1. The molecule has 0 aromatic heterocycles. The summed E-state index contributed by atoms with van der Waals surface area (Å²) < 4.78 is 0. The Morgan fingerprint density at radius 2 is 1.93 bits per heavy atom. The van der Waals surface area contributed by atoms with Crippen molar-refractivity contribution in [3.8, 4) is 0 Å². The van der Waals surface area contributed by atoms with Crippen molar-refractivity contribution in [3.63, 3.8) is 0 Å². The molecule has 1 heteroatoms. The highest BCUT2D eigenvalue weighted by molar-refractivity contribution is 5.47. The Morgan fingerprint density at radius 3 is 2.60 bits per heavy atom. The third-order valence-electron chi connectivity index (χ3n) is 2.79. The summed E-state index contributed by atoms with van der Waals surface area (Å²) in [5.74, 6) is 0. The van der Waals surface area contributed by atoms with E-state index in [4.69, 9.17) is 0 Å². The van der Waals surface area contributed by atoms with Gasteiger partial charge in [-0.25, -0.2) is 0 Å². The molecule has 15 heavy (non-hydrogen) atoms. The summed E-state index contributed by atoms with van der Waals surface area (Å²) >= 11 is 0. The highest BCUT2D eigenvalue weighted by Crippen LogP contribution is 2.14. The van der Waals surface area contributed by atoms with Crippen LogP contribution in [0.2, 0.25) is 0 Å². The predicted molar refractivity (Wildman–Crippen MR) is 68.6 cm³/mol. The van der Waals surface area contributed by atoms with E-state index in [2.05, 4.69) is 50.1 Å². The number of hydrogen-bond donors (Lipinski definition) is 0. The van der Waals surface area contributed by atoms with Crippen LogP contribution >= 0.6 is 0 Å². The maximum Gasteiger partial charge on any atom is 0.0366 e. The molecule has 0 aliphatic carbocycles. The number of aryl methyl sites for hydroxylation is 1. The van der Waals surface area contributed by atoms with Gasteiger partial charge in [0.05, 0.1) is 0 Å². The third-order valence-corrected chi connectivity index (χ3v) is 2.79. The summed E-state index contributed by atoms with van der Waals surface area (Å²) in [4.78, 5) is 2.35. The number of hydrogen-bond acceptors (Lipinski definition) is 1. The fourth-order valence-electron chi connectivity index (χ4n) is 1.77. The van der Waals surface area contributed by atoms with Gasteiger partial charge < -0.3 is 4.90 Å². The minimum absolute atomic E-state index is 1.17. The SMILES string of the molecule is CCCCCCN(C)c1cccc(C)c1. The molecule has 0 heterocycles. The zero-order chi connectivity index (χ0) is 11.1. The van der Waals surface area contributed by atoms with Crippen molar-refractivity contribution in [3.05, 3.63) is 29.8 Å². The smallest absolute Gasteiger partial charge is 0.0366 e. The first-order valence-corrected chi connectivity index (χ1v) is 6.02. The molecule has 0 aliphatic heterocycles. The van der Waals surface area contributed by atoms with E-state index < -0.39 is 0 Å². The average Bonchev–Trinajstić information content (AvgIpc) is 2.24. The van der Waals surface area contributed by atoms with Crippen molar-refractivity contribution >= 4 is 5.69 Å². The molecule has 0 fully saturated rings. The van der Waals surface area contributed by atoms with Crippen molar-refractivity contribution in [1.82, 2.24) is 0 Å². The van der Waals surface area contributed by atoms with Crippen molar-refractivity contribution in [2.75, 3.05) is 18.5 Å². The molecule has 0 bridgehead atoms. The molecule has 1 nitrogen and oxygen atoms in total. The van der Waals surface area contributed by atoms with E-state index in [-0.39, 0.29) is 0 Å². The number of benzene rings is 1. The highest BCUT2D eigenvalue weighted by Gasteiger charge is 1.99. The van der Waals surface area contributed by atoms with E-state index in [9.17, 15) is 0 Å². The van der Waals surface area contributed by atoms with Gasteiger partial charge in [-0.1, -0.05) is 38.3 Å². The van der Waals surface area contributed by atoms with Crippen LogP contribution in [0.1, 0.15) is 38.2 Å². The van der Waals surface area contributed by atoms with Gasteiger partial charge in [0.2, 0.25) is 0 Å². The maximum absolute atomic E-state index is 2.35. The van der Waals surface area contributed by atoms with Gasteiger partial charge in [0.15, 0.2) is 0 Å². The molecule has 0 aliphatic rings. The summed E-state index contributed by atoms with van der Waals surface area (Å²) in [5.41, 5.74) is 2.68. The van der Waals surface area contributed by atoms with E-state index in [1.54, 1.807) is 0 Å². The molecule has 1 aromatic carbocycles. The molecule has 0 unspecified atom stereocenters. The van der Waals surface area contributed by atoms with Crippen LogP contribution < -0.4 is 4.90 Å². The summed E-state index contributed by atoms with van der Waals surface area (Å²) in [6.07, 6.45) is 5.33. The van der Waals surface area contributed by atoms with Crippen LogP contribution in [0.25, 0.3) is 0 Å². The average molecular weight is 205 g/mol. The third kappa shape index (κ3) is 4.37. The van der Waals surface area contributed by atoms with Gasteiger partial charge in [-0.2, -0.15) is 0 Å². The summed E-state index contributed by atoms with van der Waals surface area (Å²) in [7, 11) is 2.18. The normalized spacial score (nSPS) is 10.3. The standard InChI is InChI=1S/C14H23N/c1-4-5-6-7-11-15(3)14-10-8-9-13(2)12-14/h8-10,12H,4-7,11H2,1-3H3. The molecule has 84 valence electrons. The first kappa shape index (κ1) is 12.1. The first-order chi connectivity index (χ1) is 7.24. The van der Waals surface area contributed by atoms with Crippen LogP contribution in [0.15, 0.2) is 24.3 Å². The fraction of sp³-hybridized carbons (Fsp3) is 0.571. The van der Waals surface area contributed by atoms with Crippen LogP contribution in [0, 0.1) is 6.92 Å². The molecular formula is C14H23N. The molecule has 0 spiro atoms. The molecule has 0 saturated heterocycles. The Morgan fingerprint density at radius 1 is 1.13 bits per heavy atom. The Hall–Kier alpha value is -0.980. The fourth-order valence-corrected chi connectivity index (χ4v) is 1.77. The lowest BCUT2D eigenvalue weighted by Gasteiger charge is -2.19. The van der Waals surface area contributed by atoms with E-state index in [0.717, 1.165) is 0 Å². The zero-order valence-corrected chi connectivity index (χ0v) is 10.3. The summed E-state index contributed by atoms with van der Waals surface area (Å²) in [6, 6.07) is 8.72. The van der Waals surface area contributed by atoms with Gasteiger partial charge >= 0.3 is 0 Å². The largest absolute Gasteiger partial charge is 0.375 e. The first-order valence-electron chi connectivity index (χ1n) is 6.02. The van der Waals surface area contributed by atoms with E-state index in [1.165, 1.54) is 43.5 Å². The molecule has 0 atom stereocenters. The quantitative estimate of drug-likeness (QED) is 0.634. The Kier molecular flexibility index (Phi) is 5.23. The van der Waals surface area contributed by atoms with E-state index in [1.807, 2.05) is 0 Å². The number of rotatable bonds is 6. The molecule has 0 amide bonds. The Balaban J connectivity index is 2.36. The van der Waals surface area contributed by atoms with Crippen LogP contribution in [-0.4, -0.2) is 13.6 Å². The maximum atomic E-state index is 2.35.